The molecule has 12 heavy (non-hydrogen) atoms. The van der Waals surface area contributed by atoms with Gasteiger partial charge >= 0.3 is 0 Å². The van der Waals surface area contributed by atoms with Crippen molar-refractivity contribution in [3.05, 3.63) is 29.8 Å². The first-order chi connectivity index (χ1) is 5.77. The maximum Gasteiger partial charge on any atom is 0.139 e. The Morgan fingerprint density at radius 1 is 1.42 bits per heavy atom. The van der Waals surface area contributed by atoms with Crippen molar-refractivity contribution in [3.63, 3.8) is 0 Å². The van der Waals surface area contributed by atoms with Crippen molar-refractivity contribution < 1.29 is 4.74 Å². The lowest BCUT2D eigenvalue weighted by molar-refractivity contribution is 0.415. The summed E-state index contributed by atoms with van der Waals surface area (Å²) in [6.07, 6.45) is 0. The lowest BCUT2D eigenvalue weighted by atomic mass is 10.1. The van der Waals surface area contributed by atoms with Crippen LogP contribution in [0.15, 0.2) is 24.3 Å². The van der Waals surface area contributed by atoms with Crippen LogP contribution >= 0.6 is 0 Å². The molecule has 0 aliphatic heterocycles. The van der Waals surface area contributed by atoms with Crippen molar-refractivity contribution >= 4 is 5.71 Å². The summed E-state index contributed by atoms with van der Waals surface area (Å²) in [7, 11) is 1.57. The minimum atomic E-state index is -0.0300. The molecule has 1 aromatic carbocycles. The van der Waals surface area contributed by atoms with Crippen molar-refractivity contribution in [1.82, 2.24) is 0 Å². The van der Waals surface area contributed by atoms with Crippen LogP contribution in [0.1, 0.15) is 5.56 Å². The molecule has 1 N–H and O–H groups in total. The van der Waals surface area contributed by atoms with E-state index in [2.05, 4.69) is 0 Å². The van der Waals surface area contributed by atoms with Crippen LogP contribution in [0, 0.1) is 16.7 Å². The molecule has 3 heteroatoms. The predicted molar refractivity (Wildman–Crippen MR) is 45.4 cm³/mol. The van der Waals surface area contributed by atoms with Crippen LogP contribution in [-0.4, -0.2) is 12.8 Å². The van der Waals surface area contributed by atoms with Gasteiger partial charge in [0.25, 0.3) is 0 Å². The van der Waals surface area contributed by atoms with E-state index in [-0.39, 0.29) is 5.71 Å². The zero-order chi connectivity index (χ0) is 8.97. The summed E-state index contributed by atoms with van der Waals surface area (Å²) in [6.45, 7) is 0. The zero-order valence-corrected chi connectivity index (χ0v) is 6.66. The molecule has 0 heterocycles. The third-order valence-electron chi connectivity index (χ3n) is 1.49. The topological polar surface area (TPSA) is 56.9 Å². The van der Waals surface area contributed by atoms with Gasteiger partial charge in [0.15, 0.2) is 0 Å². The minimum Gasteiger partial charge on any atom is -0.497 e. The highest BCUT2D eigenvalue weighted by Crippen LogP contribution is 2.11. The summed E-state index contributed by atoms with van der Waals surface area (Å²) in [5.74, 6) is 0.726. The molecule has 1 aromatic rings. The summed E-state index contributed by atoms with van der Waals surface area (Å²) in [6, 6.07) is 8.58. The van der Waals surface area contributed by atoms with E-state index >= 15 is 0 Å². The van der Waals surface area contributed by atoms with E-state index in [4.69, 9.17) is 15.4 Å². The number of nitrogens with zero attached hydrogens (tertiary/aromatic N) is 1. The van der Waals surface area contributed by atoms with E-state index in [0.717, 1.165) is 5.75 Å². The Labute approximate surface area is 70.7 Å². The van der Waals surface area contributed by atoms with E-state index in [1.807, 2.05) is 0 Å². The second-order valence-electron chi connectivity index (χ2n) is 2.22. The molecule has 0 saturated carbocycles. The number of rotatable bonds is 2. The highest BCUT2D eigenvalue weighted by Gasteiger charge is 1.98. The first kappa shape index (κ1) is 8.28. The molecule has 0 aromatic heterocycles. The number of hydrogen-bond acceptors (Lipinski definition) is 3. The average molecular weight is 160 g/mol. The Hall–Kier alpha value is -1.82. The molecule has 0 atom stereocenters. The number of hydrogen-bond donors (Lipinski definition) is 1. The normalized spacial score (nSPS) is 8.67. The van der Waals surface area contributed by atoms with Gasteiger partial charge in [-0.2, -0.15) is 5.26 Å². The van der Waals surface area contributed by atoms with Gasteiger partial charge in [-0.05, 0) is 24.3 Å². The molecular weight excluding hydrogens is 152 g/mol. The van der Waals surface area contributed by atoms with Gasteiger partial charge in [-0.1, -0.05) is 0 Å². The maximum absolute atomic E-state index is 8.41. The molecule has 0 aliphatic rings. The fourth-order valence-corrected chi connectivity index (χ4v) is 0.822. The number of ether oxygens (including phenoxy) is 1. The Morgan fingerprint density at radius 2 is 2.00 bits per heavy atom. The minimum absolute atomic E-state index is 0.0300. The van der Waals surface area contributed by atoms with Crippen LogP contribution in [-0.2, 0) is 0 Å². The molecule has 0 aliphatic carbocycles. The van der Waals surface area contributed by atoms with Crippen LogP contribution in [0.25, 0.3) is 0 Å². The van der Waals surface area contributed by atoms with Crippen molar-refractivity contribution in [3.8, 4) is 11.8 Å². The maximum atomic E-state index is 8.41. The zero-order valence-electron chi connectivity index (χ0n) is 6.66. The van der Waals surface area contributed by atoms with E-state index in [1.165, 1.54) is 0 Å². The van der Waals surface area contributed by atoms with E-state index < -0.39 is 0 Å². The highest BCUT2D eigenvalue weighted by molar-refractivity contribution is 6.09. The van der Waals surface area contributed by atoms with Crippen molar-refractivity contribution in [2.24, 2.45) is 0 Å². The second-order valence-corrected chi connectivity index (χ2v) is 2.22. The van der Waals surface area contributed by atoms with Crippen LogP contribution in [0.5, 0.6) is 5.75 Å². The van der Waals surface area contributed by atoms with E-state index in [9.17, 15) is 0 Å². The van der Waals surface area contributed by atoms with Crippen LogP contribution in [0.4, 0.5) is 0 Å². The molecule has 0 amide bonds. The largest absolute Gasteiger partial charge is 0.497 e. The van der Waals surface area contributed by atoms with E-state index in [1.54, 1.807) is 37.4 Å². The summed E-state index contributed by atoms with van der Waals surface area (Å²) < 4.78 is 4.93. The fraction of sp³-hybridized carbons (Fsp3) is 0.111. The Morgan fingerprint density at radius 3 is 2.42 bits per heavy atom. The van der Waals surface area contributed by atoms with Gasteiger partial charge in [-0.3, -0.25) is 5.41 Å². The third kappa shape index (κ3) is 1.61. The quantitative estimate of drug-likeness (QED) is 0.668. The number of nitriles is 1. The monoisotopic (exact) mass is 160 g/mol. The second kappa shape index (κ2) is 3.54. The standard InChI is InChI=1S/C9H8N2O/c1-12-8-4-2-7(3-5-8)9(11)6-10/h2-5,11H,1H3. The van der Waals surface area contributed by atoms with E-state index in [0.29, 0.717) is 5.56 Å². The Balaban J connectivity index is 2.94. The number of nitrogens with one attached hydrogen (secondary N) is 1. The van der Waals surface area contributed by atoms with Gasteiger partial charge in [0.1, 0.15) is 17.5 Å². The van der Waals surface area contributed by atoms with Gasteiger partial charge in [-0.25, -0.2) is 0 Å². The Bertz CT molecular complexity index is 321. The van der Waals surface area contributed by atoms with Gasteiger partial charge < -0.3 is 4.74 Å². The first-order valence-electron chi connectivity index (χ1n) is 3.41. The number of methoxy groups -OCH3 is 1. The summed E-state index contributed by atoms with van der Waals surface area (Å²) in [4.78, 5) is 0. The average Bonchev–Trinajstić information content (AvgIpc) is 2.17. The summed E-state index contributed by atoms with van der Waals surface area (Å²) >= 11 is 0. The summed E-state index contributed by atoms with van der Waals surface area (Å²) in [5.41, 5.74) is 0.580. The van der Waals surface area contributed by atoms with Crippen LogP contribution in [0.3, 0.4) is 0 Å². The lowest BCUT2D eigenvalue weighted by Crippen LogP contribution is -1.93. The Kier molecular flexibility index (Phi) is 2.44. The predicted octanol–water partition coefficient (Wildman–Crippen LogP) is 1.59. The van der Waals surface area contributed by atoms with Gasteiger partial charge in [-0.15, -0.1) is 0 Å². The van der Waals surface area contributed by atoms with Gasteiger partial charge in [0, 0.05) is 5.56 Å². The molecule has 60 valence electrons. The van der Waals surface area contributed by atoms with Gasteiger partial charge in [0.05, 0.1) is 7.11 Å². The molecule has 0 radical (unpaired) electrons. The van der Waals surface area contributed by atoms with Crippen LogP contribution in [0.2, 0.25) is 0 Å². The van der Waals surface area contributed by atoms with Gasteiger partial charge in [0.2, 0.25) is 0 Å². The fourth-order valence-electron chi connectivity index (χ4n) is 0.822. The third-order valence-corrected chi connectivity index (χ3v) is 1.49. The SMILES string of the molecule is COc1ccc(C(=N)C#N)cc1. The highest BCUT2D eigenvalue weighted by atomic mass is 16.5. The molecule has 1 rings (SSSR count). The van der Waals surface area contributed by atoms with Crippen LogP contribution < -0.4 is 4.74 Å². The molecule has 0 saturated heterocycles. The molecule has 0 unspecified atom stereocenters. The molecule has 0 spiro atoms. The first-order valence-corrected chi connectivity index (χ1v) is 3.41. The smallest absolute Gasteiger partial charge is 0.139 e. The number of benzene rings is 1. The molecule has 0 fully saturated rings. The summed E-state index contributed by atoms with van der Waals surface area (Å²) in [5, 5.41) is 15.6. The van der Waals surface area contributed by atoms with Crippen molar-refractivity contribution in [1.29, 1.82) is 10.7 Å². The lowest BCUT2D eigenvalue weighted by Gasteiger charge is -1.99. The molecule has 3 nitrogen and oxygen atoms in total. The molecular formula is C9H8N2O. The van der Waals surface area contributed by atoms with Crippen molar-refractivity contribution in [2.45, 2.75) is 0 Å². The van der Waals surface area contributed by atoms with Crippen molar-refractivity contribution in [2.75, 3.05) is 7.11 Å². The molecule has 0 bridgehead atoms.